The Kier molecular flexibility index (Phi) is 5.97. The maximum atomic E-state index is 12.9. The molecule has 1 atom stereocenters. The maximum absolute atomic E-state index is 12.9. The highest BCUT2D eigenvalue weighted by Crippen LogP contribution is 2.33. The summed E-state index contributed by atoms with van der Waals surface area (Å²) in [4.78, 5) is 18.0. The summed E-state index contributed by atoms with van der Waals surface area (Å²) >= 11 is 6.22. The lowest BCUT2D eigenvalue weighted by molar-refractivity contribution is -0.188. The molecule has 1 unspecified atom stereocenters. The van der Waals surface area contributed by atoms with Crippen molar-refractivity contribution in [1.29, 1.82) is 0 Å². The van der Waals surface area contributed by atoms with Crippen LogP contribution in [0.1, 0.15) is 12.8 Å². The molecule has 0 spiro atoms. The topological polar surface area (TPSA) is 26.8 Å². The molecule has 0 bridgehead atoms. The number of hydrogen-bond acceptors (Lipinski definition) is 3. The van der Waals surface area contributed by atoms with Gasteiger partial charge in [-0.25, -0.2) is 0 Å². The lowest BCUT2D eigenvalue weighted by atomic mass is 9.97. The number of amides is 1. The third-order valence-electron chi connectivity index (χ3n) is 5.16. The molecule has 1 aromatic rings. The molecule has 0 radical (unpaired) electrons. The van der Waals surface area contributed by atoms with Crippen LogP contribution >= 0.6 is 11.6 Å². The zero-order valence-electron chi connectivity index (χ0n) is 14.5. The van der Waals surface area contributed by atoms with Crippen LogP contribution in [0, 0.1) is 5.92 Å². The first kappa shape index (κ1) is 19.3. The van der Waals surface area contributed by atoms with E-state index in [1.165, 1.54) is 4.90 Å². The minimum absolute atomic E-state index is 0.115. The van der Waals surface area contributed by atoms with Gasteiger partial charge in [0.15, 0.2) is 0 Å². The number of hydrogen-bond donors (Lipinski definition) is 0. The van der Waals surface area contributed by atoms with Gasteiger partial charge in [-0.15, -0.1) is 0 Å². The number of carbonyl (C=O) groups excluding carboxylic acids is 1. The van der Waals surface area contributed by atoms with Crippen molar-refractivity contribution in [2.24, 2.45) is 5.92 Å². The highest BCUT2D eigenvalue weighted by atomic mass is 35.5. The molecule has 2 aliphatic rings. The van der Waals surface area contributed by atoms with Crippen LogP contribution in [0.3, 0.4) is 0 Å². The summed E-state index contributed by atoms with van der Waals surface area (Å²) in [5, 5.41) is 0.698. The highest BCUT2D eigenvalue weighted by molar-refractivity contribution is 6.33. The number of piperidine rings is 1. The van der Waals surface area contributed by atoms with E-state index in [0.29, 0.717) is 31.1 Å². The zero-order valence-corrected chi connectivity index (χ0v) is 15.3. The predicted octanol–water partition coefficient (Wildman–Crippen LogP) is 3.26. The van der Waals surface area contributed by atoms with Gasteiger partial charge in [0.05, 0.1) is 23.2 Å². The number of piperazine rings is 1. The summed E-state index contributed by atoms with van der Waals surface area (Å²) in [6.45, 7) is 3.25. The van der Waals surface area contributed by atoms with Crippen molar-refractivity contribution < 1.29 is 18.0 Å². The van der Waals surface area contributed by atoms with E-state index in [4.69, 9.17) is 11.6 Å². The Labute approximate surface area is 156 Å². The summed E-state index contributed by atoms with van der Waals surface area (Å²) in [5.41, 5.74) is 0.976. The van der Waals surface area contributed by atoms with Crippen molar-refractivity contribution >= 4 is 23.2 Å². The molecule has 3 rings (SSSR count). The SMILES string of the molecule is O=C(CN1CCN(c2ccccc2Cl)CC1)N1CCCC(C(F)(F)F)C1. The number of nitrogens with zero attached hydrogens (tertiary/aromatic N) is 3. The molecule has 8 heteroatoms. The smallest absolute Gasteiger partial charge is 0.368 e. The molecular weight excluding hydrogens is 367 g/mol. The predicted molar refractivity (Wildman–Crippen MR) is 95.5 cm³/mol. The first-order valence-electron chi connectivity index (χ1n) is 8.91. The first-order chi connectivity index (χ1) is 12.3. The second-order valence-corrected chi connectivity index (χ2v) is 7.34. The molecule has 2 heterocycles. The fourth-order valence-corrected chi connectivity index (χ4v) is 3.87. The number of para-hydroxylation sites is 1. The lowest BCUT2D eigenvalue weighted by Crippen LogP contribution is -2.52. The molecule has 2 saturated heterocycles. The lowest BCUT2D eigenvalue weighted by Gasteiger charge is -2.38. The molecule has 1 amide bonds. The summed E-state index contributed by atoms with van der Waals surface area (Å²) in [5.74, 6) is -1.59. The van der Waals surface area contributed by atoms with Crippen LogP contribution in [0.15, 0.2) is 24.3 Å². The van der Waals surface area contributed by atoms with E-state index in [9.17, 15) is 18.0 Å². The molecule has 0 aromatic heterocycles. The van der Waals surface area contributed by atoms with Gasteiger partial charge in [0.25, 0.3) is 0 Å². The molecule has 0 saturated carbocycles. The third kappa shape index (κ3) is 4.62. The van der Waals surface area contributed by atoms with E-state index in [-0.39, 0.29) is 25.4 Å². The van der Waals surface area contributed by atoms with Crippen LogP contribution in [-0.4, -0.2) is 67.7 Å². The van der Waals surface area contributed by atoms with Gasteiger partial charge in [-0.3, -0.25) is 9.69 Å². The molecule has 1 aromatic carbocycles. The molecule has 2 aliphatic heterocycles. The van der Waals surface area contributed by atoms with E-state index in [2.05, 4.69) is 4.90 Å². The summed E-state index contributed by atoms with van der Waals surface area (Å²) < 4.78 is 38.7. The zero-order chi connectivity index (χ0) is 18.7. The van der Waals surface area contributed by atoms with Crippen LogP contribution in [-0.2, 0) is 4.79 Å². The monoisotopic (exact) mass is 389 g/mol. The second kappa shape index (κ2) is 8.05. The Morgan fingerprint density at radius 1 is 1.12 bits per heavy atom. The van der Waals surface area contributed by atoms with Crippen molar-refractivity contribution in [3.05, 3.63) is 29.3 Å². The normalized spacial score (nSPS) is 22.5. The molecule has 144 valence electrons. The third-order valence-corrected chi connectivity index (χ3v) is 5.48. The quantitative estimate of drug-likeness (QED) is 0.794. The van der Waals surface area contributed by atoms with E-state index in [1.807, 2.05) is 29.2 Å². The highest BCUT2D eigenvalue weighted by Gasteiger charge is 2.42. The van der Waals surface area contributed by atoms with E-state index in [0.717, 1.165) is 18.8 Å². The minimum Gasteiger partial charge on any atom is -0.368 e. The van der Waals surface area contributed by atoms with Gasteiger partial charge in [-0.05, 0) is 25.0 Å². The van der Waals surface area contributed by atoms with Crippen molar-refractivity contribution in [2.75, 3.05) is 50.7 Å². The molecule has 26 heavy (non-hydrogen) atoms. The van der Waals surface area contributed by atoms with Gasteiger partial charge in [-0.1, -0.05) is 23.7 Å². The summed E-state index contributed by atoms with van der Waals surface area (Å²) in [7, 11) is 0. The van der Waals surface area contributed by atoms with Gasteiger partial charge in [0.2, 0.25) is 5.91 Å². The Hall–Kier alpha value is -1.47. The Morgan fingerprint density at radius 2 is 1.81 bits per heavy atom. The van der Waals surface area contributed by atoms with Gasteiger partial charge >= 0.3 is 6.18 Å². The number of rotatable bonds is 3. The van der Waals surface area contributed by atoms with E-state index < -0.39 is 12.1 Å². The van der Waals surface area contributed by atoms with Crippen LogP contribution in [0.5, 0.6) is 0 Å². The molecule has 4 nitrogen and oxygen atoms in total. The average molecular weight is 390 g/mol. The minimum atomic E-state index is -4.22. The van der Waals surface area contributed by atoms with Gasteiger partial charge in [0, 0.05) is 39.3 Å². The molecule has 2 fully saturated rings. The first-order valence-corrected chi connectivity index (χ1v) is 9.28. The van der Waals surface area contributed by atoms with Crippen LogP contribution < -0.4 is 4.90 Å². The van der Waals surface area contributed by atoms with Crippen molar-refractivity contribution in [2.45, 2.75) is 19.0 Å². The molecular formula is C18H23ClF3N3O. The Balaban J connectivity index is 1.50. The fourth-order valence-electron chi connectivity index (χ4n) is 3.62. The standard InChI is InChI=1S/C18H23ClF3N3O/c19-15-5-1-2-6-16(15)24-10-8-23(9-11-24)13-17(26)25-7-3-4-14(12-25)18(20,21)22/h1-2,5-6,14H,3-4,7-13H2. The number of benzene rings is 1. The average Bonchev–Trinajstić information content (AvgIpc) is 2.62. The van der Waals surface area contributed by atoms with Crippen molar-refractivity contribution in [1.82, 2.24) is 9.80 Å². The van der Waals surface area contributed by atoms with E-state index in [1.54, 1.807) is 0 Å². The number of likely N-dealkylation sites (tertiary alicyclic amines) is 1. The van der Waals surface area contributed by atoms with Crippen LogP contribution in [0.2, 0.25) is 5.02 Å². The fraction of sp³-hybridized carbons (Fsp3) is 0.611. The second-order valence-electron chi connectivity index (χ2n) is 6.94. The van der Waals surface area contributed by atoms with Crippen molar-refractivity contribution in [3.63, 3.8) is 0 Å². The van der Waals surface area contributed by atoms with Crippen LogP contribution in [0.4, 0.5) is 18.9 Å². The maximum Gasteiger partial charge on any atom is 0.393 e. The van der Waals surface area contributed by atoms with E-state index >= 15 is 0 Å². The van der Waals surface area contributed by atoms with Crippen molar-refractivity contribution in [3.8, 4) is 0 Å². The number of carbonyl (C=O) groups is 1. The van der Waals surface area contributed by atoms with Crippen LogP contribution in [0.25, 0.3) is 0 Å². The number of alkyl halides is 3. The Bertz CT molecular complexity index is 632. The van der Waals surface area contributed by atoms with Gasteiger partial charge in [-0.2, -0.15) is 13.2 Å². The van der Waals surface area contributed by atoms with Gasteiger partial charge < -0.3 is 9.80 Å². The Morgan fingerprint density at radius 3 is 2.46 bits per heavy atom. The summed E-state index contributed by atoms with van der Waals surface area (Å²) in [6.07, 6.45) is -3.69. The largest absolute Gasteiger partial charge is 0.393 e. The number of halogens is 4. The number of anilines is 1. The summed E-state index contributed by atoms with van der Waals surface area (Å²) in [6, 6.07) is 7.63. The molecule has 0 aliphatic carbocycles. The molecule has 0 N–H and O–H groups in total. The van der Waals surface area contributed by atoms with Gasteiger partial charge in [0.1, 0.15) is 0 Å².